The Balaban J connectivity index is 2.25. The zero-order chi connectivity index (χ0) is 27.1. The van der Waals surface area contributed by atoms with E-state index in [-0.39, 0.29) is 24.2 Å². The average molecular weight is 519 g/mol. The first-order chi connectivity index (χ1) is 16.6. The number of nitrogens with zero attached hydrogens (tertiary/aromatic N) is 2. The molecule has 1 amide bonds. The zero-order valence-electron chi connectivity index (χ0n) is 22.4. The standard InChI is InChI=1S/C27H38N2O6S/c1-16(2)14-27(35-24(31)32)15-19(26(6,7)33)21(22-28-11-12-36-22)29(27)23(30)17-9-10-18(25(3,4)5)20(13-17)34-8/h9-13,16,19,21,33H,14-15H2,1-8H3,(H,31,32)/t19-,21-,27+/m1/s1. The van der Waals surface area contributed by atoms with Crippen molar-refractivity contribution in [1.29, 1.82) is 0 Å². The molecule has 0 radical (unpaired) electrons. The second-order valence-electron chi connectivity index (χ2n) is 11.5. The number of ether oxygens (including phenoxy) is 2. The molecule has 8 nitrogen and oxygen atoms in total. The number of thiazole rings is 1. The van der Waals surface area contributed by atoms with Gasteiger partial charge in [0.25, 0.3) is 5.91 Å². The van der Waals surface area contributed by atoms with Gasteiger partial charge in [-0.3, -0.25) is 9.69 Å². The second-order valence-corrected chi connectivity index (χ2v) is 12.5. The number of amides is 1. The van der Waals surface area contributed by atoms with E-state index in [1.165, 1.54) is 16.2 Å². The Hall–Kier alpha value is -2.65. The Morgan fingerprint density at radius 3 is 2.39 bits per heavy atom. The monoisotopic (exact) mass is 518 g/mol. The van der Waals surface area contributed by atoms with E-state index in [4.69, 9.17) is 9.47 Å². The Morgan fingerprint density at radius 1 is 1.25 bits per heavy atom. The van der Waals surface area contributed by atoms with Crippen LogP contribution in [0.5, 0.6) is 5.75 Å². The van der Waals surface area contributed by atoms with E-state index in [1.807, 2.05) is 19.9 Å². The fourth-order valence-corrected chi connectivity index (χ4v) is 6.09. The number of aliphatic hydroxyl groups is 1. The number of benzene rings is 1. The van der Waals surface area contributed by atoms with Gasteiger partial charge in [-0.05, 0) is 42.9 Å². The molecule has 1 aromatic heterocycles. The second kappa shape index (κ2) is 10.0. The summed E-state index contributed by atoms with van der Waals surface area (Å²) in [4.78, 5) is 32.3. The van der Waals surface area contributed by atoms with Crippen LogP contribution in [-0.4, -0.2) is 50.6 Å². The van der Waals surface area contributed by atoms with Crippen molar-refractivity contribution in [2.75, 3.05) is 7.11 Å². The highest BCUT2D eigenvalue weighted by atomic mass is 32.1. The molecule has 0 aliphatic carbocycles. The summed E-state index contributed by atoms with van der Waals surface area (Å²) in [7, 11) is 1.56. The minimum Gasteiger partial charge on any atom is -0.496 e. The number of methoxy groups -OCH3 is 1. The van der Waals surface area contributed by atoms with E-state index >= 15 is 0 Å². The summed E-state index contributed by atoms with van der Waals surface area (Å²) in [6.07, 6.45) is 0.597. The molecule has 1 aliphatic heterocycles. The molecule has 3 rings (SSSR count). The highest BCUT2D eigenvalue weighted by Crippen LogP contribution is 2.54. The van der Waals surface area contributed by atoms with Crippen LogP contribution in [0.3, 0.4) is 0 Å². The molecular formula is C27H38N2O6S. The third kappa shape index (κ3) is 5.52. The Bertz CT molecular complexity index is 1090. The van der Waals surface area contributed by atoms with Crippen molar-refractivity contribution in [3.05, 3.63) is 45.9 Å². The van der Waals surface area contributed by atoms with Crippen LogP contribution in [0.1, 0.15) is 88.3 Å². The van der Waals surface area contributed by atoms with Crippen molar-refractivity contribution >= 4 is 23.4 Å². The summed E-state index contributed by atoms with van der Waals surface area (Å²) in [5, 5.41) is 23.4. The van der Waals surface area contributed by atoms with Crippen LogP contribution < -0.4 is 4.74 Å². The first-order valence-electron chi connectivity index (χ1n) is 12.2. The van der Waals surface area contributed by atoms with E-state index in [2.05, 4.69) is 25.8 Å². The molecule has 2 heterocycles. The maximum Gasteiger partial charge on any atom is 0.507 e. The van der Waals surface area contributed by atoms with Crippen molar-refractivity contribution in [2.24, 2.45) is 11.8 Å². The number of hydrogen-bond acceptors (Lipinski definition) is 7. The number of carbonyl (C=O) groups excluding carboxylic acids is 1. The molecule has 2 N–H and O–H groups in total. The molecule has 3 atom stereocenters. The van der Waals surface area contributed by atoms with E-state index in [1.54, 1.807) is 44.7 Å². The number of carboxylic acid groups (broad SMARTS) is 1. The van der Waals surface area contributed by atoms with Gasteiger partial charge in [-0.2, -0.15) is 0 Å². The topological polar surface area (TPSA) is 109 Å². The predicted molar refractivity (Wildman–Crippen MR) is 138 cm³/mol. The summed E-state index contributed by atoms with van der Waals surface area (Å²) in [6, 6.07) is 4.63. The quantitative estimate of drug-likeness (QED) is 0.442. The third-order valence-corrected chi connectivity index (χ3v) is 7.58. The number of carbonyl (C=O) groups is 2. The van der Waals surface area contributed by atoms with Crippen LogP contribution in [0.4, 0.5) is 4.79 Å². The maximum absolute atomic E-state index is 14.3. The van der Waals surface area contributed by atoms with E-state index in [0.29, 0.717) is 16.3 Å². The molecule has 0 saturated carbocycles. The summed E-state index contributed by atoms with van der Waals surface area (Å²) in [6.45, 7) is 13.4. The lowest BCUT2D eigenvalue weighted by Crippen LogP contribution is -2.52. The summed E-state index contributed by atoms with van der Waals surface area (Å²) < 4.78 is 11.2. The van der Waals surface area contributed by atoms with Gasteiger partial charge in [0.1, 0.15) is 10.8 Å². The van der Waals surface area contributed by atoms with Crippen molar-refractivity contribution in [3.8, 4) is 5.75 Å². The van der Waals surface area contributed by atoms with Gasteiger partial charge < -0.3 is 19.7 Å². The van der Waals surface area contributed by atoms with Crippen molar-refractivity contribution in [3.63, 3.8) is 0 Å². The van der Waals surface area contributed by atoms with Gasteiger partial charge in [-0.25, -0.2) is 9.78 Å². The molecule has 1 aromatic carbocycles. The lowest BCUT2D eigenvalue weighted by atomic mass is 9.82. The van der Waals surface area contributed by atoms with Gasteiger partial charge in [-0.1, -0.05) is 40.7 Å². The number of hydrogen-bond donors (Lipinski definition) is 2. The lowest BCUT2D eigenvalue weighted by Gasteiger charge is -2.40. The van der Waals surface area contributed by atoms with E-state index in [0.717, 1.165) is 5.56 Å². The normalized spacial score (nSPS) is 22.7. The molecule has 1 fully saturated rings. The van der Waals surface area contributed by atoms with Crippen LogP contribution >= 0.6 is 11.3 Å². The lowest BCUT2D eigenvalue weighted by molar-refractivity contribution is -0.108. The highest BCUT2D eigenvalue weighted by molar-refractivity contribution is 7.09. The molecule has 0 spiro atoms. The Kier molecular flexibility index (Phi) is 7.77. The Morgan fingerprint density at radius 2 is 1.92 bits per heavy atom. The van der Waals surface area contributed by atoms with Gasteiger partial charge in [0.2, 0.25) is 0 Å². The van der Waals surface area contributed by atoms with Crippen LogP contribution in [0, 0.1) is 11.8 Å². The number of aromatic nitrogens is 1. The van der Waals surface area contributed by atoms with Crippen LogP contribution in [-0.2, 0) is 10.2 Å². The molecule has 2 aromatic rings. The van der Waals surface area contributed by atoms with Gasteiger partial charge in [-0.15, -0.1) is 11.3 Å². The minimum atomic E-state index is -1.48. The highest BCUT2D eigenvalue weighted by Gasteiger charge is 2.61. The zero-order valence-corrected chi connectivity index (χ0v) is 23.2. The summed E-state index contributed by atoms with van der Waals surface area (Å²) >= 11 is 1.36. The largest absolute Gasteiger partial charge is 0.507 e. The first-order valence-corrected chi connectivity index (χ1v) is 13.0. The molecule has 1 aliphatic rings. The van der Waals surface area contributed by atoms with Crippen LogP contribution in [0.15, 0.2) is 29.8 Å². The Labute approximate surface area is 217 Å². The van der Waals surface area contributed by atoms with Crippen molar-refractivity contribution in [1.82, 2.24) is 9.88 Å². The fourth-order valence-electron chi connectivity index (χ4n) is 5.30. The minimum absolute atomic E-state index is 0.00922. The third-order valence-electron chi connectivity index (χ3n) is 6.73. The smallest absolute Gasteiger partial charge is 0.496 e. The van der Waals surface area contributed by atoms with Gasteiger partial charge >= 0.3 is 6.16 Å². The van der Waals surface area contributed by atoms with Gasteiger partial charge in [0.05, 0.1) is 18.8 Å². The number of rotatable bonds is 7. The fraction of sp³-hybridized carbons (Fsp3) is 0.593. The first kappa shape index (κ1) is 27.9. The van der Waals surface area contributed by atoms with Gasteiger partial charge in [0.15, 0.2) is 5.72 Å². The molecule has 1 saturated heterocycles. The van der Waals surface area contributed by atoms with Crippen LogP contribution in [0.2, 0.25) is 0 Å². The average Bonchev–Trinajstić information content (AvgIpc) is 3.37. The van der Waals surface area contributed by atoms with E-state index < -0.39 is 35.3 Å². The molecule has 0 unspecified atom stereocenters. The molecule has 198 valence electrons. The molecular weight excluding hydrogens is 480 g/mol. The SMILES string of the molecule is COc1cc(C(=O)N2[C@@H](c3nccs3)[C@H](C(C)(C)O)C[C@]2(CC(C)C)OC(=O)O)ccc1C(C)(C)C. The predicted octanol–water partition coefficient (Wildman–Crippen LogP) is 5.86. The van der Waals surface area contributed by atoms with Gasteiger partial charge in [0, 0.05) is 35.9 Å². The molecule has 36 heavy (non-hydrogen) atoms. The molecule has 0 bridgehead atoms. The summed E-state index contributed by atoms with van der Waals surface area (Å²) in [5.41, 5.74) is -1.62. The molecule has 9 heteroatoms. The summed E-state index contributed by atoms with van der Waals surface area (Å²) in [5.74, 6) is -0.329. The van der Waals surface area contributed by atoms with Crippen LogP contribution in [0.25, 0.3) is 0 Å². The number of likely N-dealkylation sites (tertiary alicyclic amines) is 1. The van der Waals surface area contributed by atoms with Crippen molar-refractivity contribution in [2.45, 2.75) is 84.1 Å². The van der Waals surface area contributed by atoms with E-state index in [9.17, 15) is 19.8 Å². The maximum atomic E-state index is 14.3. The van der Waals surface area contributed by atoms with Crippen molar-refractivity contribution < 1.29 is 29.3 Å².